The Labute approximate surface area is 105 Å². The van der Waals surface area contributed by atoms with E-state index in [2.05, 4.69) is 20.4 Å². The standard InChI is InChI=1S/C9H18N6O3/c1-2-18-9-12-7(14-10)11-8(13-9)15(3-5-16)4-6-17/h16-17H,2-6,10H2,1H3,(H,11,12,13,14). The van der Waals surface area contributed by atoms with Crippen molar-refractivity contribution in [1.29, 1.82) is 0 Å². The van der Waals surface area contributed by atoms with E-state index < -0.39 is 0 Å². The number of hydrazine groups is 1. The molecule has 0 aromatic carbocycles. The SMILES string of the molecule is CCOc1nc(NN)nc(N(CCO)CCO)n1. The molecule has 102 valence electrons. The highest BCUT2D eigenvalue weighted by Gasteiger charge is 2.13. The number of nitrogens with zero attached hydrogens (tertiary/aromatic N) is 4. The van der Waals surface area contributed by atoms with Crippen LogP contribution in [0.4, 0.5) is 11.9 Å². The average molecular weight is 258 g/mol. The molecule has 0 spiro atoms. The Morgan fingerprint density at radius 3 is 2.39 bits per heavy atom. The molecule has 1 rings (SSSR count). The first-order valence-electron chi connectivity index (χ1n) is 5.57. The molecule has 9 nitrogen and oxygen atoms in total. The lowest BCUT2D eigenvalue weighted by Gasteiger charge is -2.20. The van der Waals surface area contributed by atoms with Gasteiger partial charge in [-0.1, -0.05) is 0 Å². The molecule has 1 aromatic heterocycles. The number of rotatable bonds is 8. The molecule has 18 heavy (non-hydrogen) atoms. The molecule has 5 N–H and O–H groups in total. The summed E-state index contributed by atoms with van der Waals surface area (Å²) in [5, 5.41) is 17.9. The molecule has 0 aliphatic heterocycles. The number of aromatic nitrogens is 3. The Hall–Kier alpha value is -1.71. The zero-order valence-electron chi connectivity index (χ0n) is 10.2. The lowest BCUT2D eigenvalue weighted by Crippen LogP contribution is -2.32. The van der Waals surface area contributed by atoms with Crippen LogP contribution in [0.3, 0.4) is 0 Å². The van der Waals surface area contributed by atoms with Crippen LogP contribution in [0.5, 0.6) is 6.01 Å². The maximum absolute atomic E-state index is 8.96. The summed E-state index contributed by atoms with van der Waals surface area (Å²) in [7, 11) is 0. The van der Waals surface area contributed by atoms with E-state index >= 15 is 0 Å². The molecule has 1 aromatic rings. The second-order valence-electron chi connectivity index (χ2n) is 3.25. The molecule has 0 atom stereocenters. The number of hydrogen-bond acceptors (Lipinski definition) is 9. The van der Waals surface area contributed by atoms with Crippen LogP contribution in [-0.2, 0) is 0 Å². The molecular formula is C9H18N6O3. The second kappa shape index (κ2) is 7.58. The highest BCUT2D eigenvalue weighted by molar-refractivity contribution is 5.37. The van der Waals surface area contributed by atoms with Crippen LogP contribution < -0.4 is 20.9 Å². The third kappa shape index (κ3) is 3.95. The van der Waals surface area contributed by atoms with Crippen molar-refractivity contribution >= 4 is 11.9 Å². The third-order valence-electron chi connectivity index (χ3n) is 2.03. The summed E-state index contributed by atoms with van der Waals surface area (Å²) in [5.41, 5.74) is 2.31. The van der Waals surface area contributed by atoms with Crippen molar-refractivity contribution in [1.82, 2.24) is 15.0 Å². The van der Waals surface area contributed by atoms with Gasteiger partial charge in [0.1, 0.15) is 0 Å². The first kappa shape index (κ1) is 14.4. The van der Waals surface area contributed by atoms with E-state index in [0.717, 1.165) is 0 Å². The number of anilines is 2. The minimum absolute atomic E-state index is 0.0823. The Kier molecular flexibility index (Phi) is 6.05. The van der Waals surface area contributed by atoms with Gasteiger partial charge >= 0.3 is 6.01 Å². The number of nitrogens with one attached hydrogen (secondary N) is 1. The first-order chi connectivity index (χ1) is 8.74. The zero-order valence-corrected chi connectivity index (χ0v) is 10.2. The fraction of sp³-hybridized carbons (Fsp3) is 0.667. The number of ether oxygens (including phenoxy) is 1. The number of aliphatic hydroxyl groups excluding tert-OH is 2. The molecule has 0 aliphatic carbocycles. The third-order valence-corrected chi connectivity index (χ3v) is 2.03. The minimum Gasteiger partial charge on any atom is -0.464 e. The van der Waals surface area contributed by atoms with Crippen molar-refractivity contribution in [2.45, 2.75) is 6.92 Å². The van der Waals surface area contributed by atoms with Gasteiger partial charge in [-0.25, -0.2) is 5.84 Å². The molecule has 0 amide bonds. The van der Waals surface area contributed by atoms with Crippen molar-refractivity contribution in [2.24, 2.45) is 5.84 Å². The molecule has 1 heterocycles. The summed E-state index contributed by atoms with van der Waals surface area (Å²) >= 11 is 0. The van der Waals surface area contributed by atoms with Gasteiger partial charge in [0.15, 0.2) is 0 Å². The second-order valence-corrected chi connectivity index (χ2v) is 3.25. The van der Waals surface area contributed by atoms with Crippen molar-refractivity contribution in [2.75, 3.05) is 43.2 Å². The summed E-state index contributed by atoms with van der Waals surface area (Å²) in [6.07, 6.45) is 0. The lowest BCUT2D eigenvalue weighted by molar-refractivity contribution is 0.278. The van der Waals surface area contributed by atoms with Crippen LogP contribution in [-0.4, -0.2) is 58.1 Å². The molecule has 0 fully saturated rings. The fourth-order valence-corrected chi connectivity index (χ4v) is 1.30. The first-order valence-corrected chi connectivity index (χ1v) is 5.57. The lowest BCUT2D eigenvalue weighted by atomic mass is 10.5. The van der Waals surface area contributed by atoms with Crippen LogP contribution in [0.25, 0.3) is 0 Å². The maximum Gasteiger partial charge on any atom is 0.323 e. The van der Waals surface area contributed by atoms with Gasteiger partial charge in [0.25, 0.3) is 0 Å². The fourth-order valence-electron chi connectivity index (χ4n) is 1.30. The van der Waals surface area contributed by atoms with Gasteiger partial charge in [-0.2, -0.15) is 15.0 Å². The summed E-state index contributed by atoms with van der Waals surface area (Å²) in [5.74, 6) is 5.69. The molecule has 0 radical (unpaired) electrons. The van der Waals surface area contributed by atoms with Gasteiger partial charge in [0.05, 0.1) is 19.8 Å². The van der Waals surface area contributed by atoms with Crippen LogP contribution in [0.1, 0.15) is 6.92 Å². The average Bonchev–Trinajstić information content (AvgIpc) is 2.38. The van der Waals surface area contributed by atoms with Gasteiger partial charge in [-0.3, -0.25) is 5.43 Å². The molecule has 0 saturated heterocycles. The highest BCUT2D eigenvalue weighted by atomic mass is 16.5. The van der Waals surface area contributed by atoms with Crippen molar-refractivity contribution in [3.63, 3.8) is 0 Å². The van der Waals surface area contributed by atoms with E-state index in [9.17, 15) is 0 Å². The Morgan fingerprint density at radius 1 is 1.22 bits per heavy atom. The maximum atomic E-state index is 8.96. The number of hydrogen-bond donors (Lipinski definition) is 4. The minimum atomic E-state index is -0.0823. The predicted octanol–water partition coefficient (Wildman–Crippen LogP) is -1.65. The highest BCUT2D eigenvalue weighted by Crippen LogP contribution is 2.14. The summed E-state index contributed by atoms with van der Waals surface area (Å²) < 4.78 is 5.19. The molecule has 9 heteroatoms. The van der Waals surface area contributed by atoms with E-state index in [1.54, 1.807) is 11.8 Å². The predicted molar refractivity (Wildman–Crippen MR) is 65.2 cm³/mol. The molecule has 0 unspecified atom stereocenters. The molecular weight excluding hydrogens is 240 g/mol. The van der Waals surface area contributed by atoms with Crippen LogP contribution in [0, 0.1) is 0 Å². The van der Waals surface area contributed by atoms with Gasteiger partial charge < -0.3 is 19.8 Å². The normalized spacial score (nSPS) is 10.2. The van der Waals surface area contributed by atoms with Crippen molar-refractivity contribution < 1.29 is 14.9 Å². The summed E-state index contributed by atoms with van der Waals surface area (Å²) in [4.78, 5) is 13.6. The summed E-state index contributed by atoms with van der Waals surface area (Å²) in [6, 6.07) is 0.135. The van der Waals surface area contributed by atoms with Crippen molar-refractivity contribution in [3.8, 4) is 6.01 Å². The van der Waals surface area contributed by atoms with Gasteiger partial charge in [-0.15, -0.1) is 0 Å². The quantitative estimate of drug-likeness (QED) is 0.320. The Bertz CT molecular complexity index is 358. The number of nitrogens with two attached hydrogens (primary N) is 1. The van der Waals surface area contributed by atoms with E-state index in [1.165, 1.54) is 0 Å². The van der Waals surface area contributed by atoms with Crippen LogP contribution >= 0.6 is 0 Å². The Balaban J connectivity index is 2.99. The van der Waals surface area contributed by atoms with E-state index in [1.807, 2.05) is 0 Å². The van der Waals surface area contributed by atoms with Crippen LogP contribution in [0.15, 0.2) is 0 Å². The van der Waals surface area contributed by atoms with Gasteiger partial charge in [0, 0.05) is 13.1 Å². The van der Waals surface area contributed by atoms with Gasteiger partial charge in [0.2, 0.25) is 11.9 Å². The smallest absolute Gasteiger partial charge is 0.323 e. The van der Waals surface area contributed by atoms with E-state index in [0.29, 0.717) is 19.7 Å². The monoisotopic (exact) mass is 258 g/mol. The molecule has 0 bridgehead atoms. The molecule has 0 aliphatic rings. The number of aliphatic hydroxyl groups is 2. The summed E-state index contributed by atoms with van der Waals surface area (Å²) in [6.45, 7) is 2.63. The Morgan fingerprint density at radius 2 is 1.89 bits per heavy atom. The van der Waals surface area contributed by atoms with Crippen molar-refractivity contribution in [3.05, 3.63) is 0 Å². The number of nitrogen functional groups attached to an aromatic ring is 1. The topological polar surface area (TPSA) is 130 Å². The zero-order chi connectivity index (χ0) is 13.4. The van der Waals surface area contributed by atoms with E-state index in [-0.39, 0.29) is 31.1 Å². The largest absolute Gasteiger partial charge is 0.464 e. The van der Waals surface area contributed by atoms with E-state index in [4.69, 9.17) is 20.8 Å². The van der Waals surface area contributed by atoms with Crippen LogP contribution in [0.2, 0.25) is 0 Å². The van der Waals surface area contributed by atoms with Gasteiger partial charge in [-0.05, 0) is 6.92 Å². The molecule has 0 saturated carbocycles.